The number of hydrogen-bond acceptors (Lipinski definition) is 2. The van der Waals surface area contributed by atoms with Crippen LogP contribution in [0.3, 0.4) is 0 Å². The second kappa shape index (κ2) is 3.69. The first-order chi connectivity index (χ1) is 6.31. The van der Waals surface area contributed by atoms with E-state index >= 15 is 0 Å². The lowest BCUT2D eigenvalue weighted by atomic mass is 9.73. The van der Waals surface area contributed by atoms with Gasteiger partial charge in [-0.25, -0.2) is 0 Å². The maximum atomic E-state index is 5.23. The molecule has 0 radical (unpaired) electrons. The molecular weight excluding hydrogens is 162 g/mol. The predicted molar refractivity (Wildman–Crippen MR) is 54.0 cm³/mol. The van der Waals surface area contributed by atoms with Crippen molar-refractivity contribution in [3.63, 3.8) is 0 Å². The molecule has 0 amide bonds. The Hall–Kier alpha value is -0.530. The zero-order valence-corrected chi connectivity index (χ0v) is 8.62. The fourth-order valence-electron chi connectivity index (χ4n) is 2.79. The van der Waals surface area contributed by atoms with Crippen LogP contribution in [0.2, 0.25) is 0 Å². The maximum Gasteiger partial charge on any atom is 0.183 e. The Kier molecular flexibility index (Phi) is 2.56. The van der Waals surface area contributed by atoms with E-state index in [2.05, 4.69) is 11.9 Å². The molecule has 0 spiro atoms. The number of aliphatic imine (C=N–C) groups is 1. The van der Waals surface area contributed by atoms with Gasteiger partial charge in [0.2, 0.25) is 0 Å². The summed E-state index contributed by atoms with van der Waals surface area (Å²) in [5.74, 6) is 2.70. The van der Waals surface area contributed by atoms with E-state index in [1.54, 1.807) is 7.11 Å². The minimum absolute atomic E-state index is 0.576. The van der Waals surface area contributed by atoms with E-state index in [1.165, 1.54) is 25.7 Å². The zero-order chi connectivity index (χ0) is 9.26. The molecule has 0 N–H and O–H groups in total. The molecule has 1 saturated carbocycles. The molecule has 0 unspecified atom stereocenters. The van der Waals surface area contributed by atoms with Crippen molar-refractivity contribution in [3.8, 4) is 0 Å². The average molecular weight is 181 g/mol. The van der Waals surface area contributed by atoms with Crippen molar-refractivity contribution in [2.75, 3.05) is 7.11 Å². The van der Waals surface area contributed by atoms with Crippen molar-refractivity contribution >= 4 is 5.90 Å². The maximum absolute atomic E-state index is 5.23. The summed E-state index contributed by atoms with van der Waals surface area (Å²) in [4.78, 5) is 4.67. The number of nitrogens with zero attached hydrogens (tertiary/aromatic N) is 1. The van der Waals surface area contributed by atoms with Gasteiger partial charge in [-0.05, 0) is 24.7 Å². The zero-order valence-electron chi connectivity index (χ0n) is 8.62. The van der Waals surface area contributed by atoms with Crippen LogP contribution in [0, 0.1) is 11.8 Å². The first kappa shape index (κ1) is 9.04. The van der Waals surface area contributed by atoms with E-state index in [1.807, 2.05) is 0 Å². The van der Waals surface area contributed by atoms with E-state index in [0.29, 0.717) is 6.04 Å². The molecule has 0 saturated heterocycles. The number of rotatable bonds is 0. The first-order valence-electron chi connectivity index (χ1n) is 5.42. The normalized spacial score (nSPS) is 39.2. The minimum Gasteiger partial charge on any atom is -0.484 e. The third kappa shape index (κ3) is 1.72. The molecule has 1 heterocycles. The van der Waals surface area contributed by atoms with Gasteiger partial charge in [-0.3, -0.25) is 4.99 Å². The highest BCUT2D eigenvalue weighted by Gasteiger charge is 2.33. The van der Waals surface area contributed by atoms with Gasteiger partial charge in [0.25, 0.3) is 0 Å². The minimum atomic E-state index is 0.576. The lowest BCUT2D eigenvalue weighted by Gasteiger charge is -2.37. The summed E-state index contributed by atoms with van der Waals surface area (Å²) >= 11 is 0. The van der Waals surface area contributed by atoms with E-state index in [-0.39, 0.29) is 0 Å². The number of hydrogen-bond donors (Lipinski definition) is 0. The van der Waals surface area contributed by atoms with Crippen LogP contribution >= 0.6 is 0 Å². The summed E-state index contributed by atoms with van der Waals surface area (Å²) in [7, 11) is 1.74. The van der Waals surface area contributed by atoms with Crippen LogP contribution in [0.4, 0.5) is 0 Å². The number of fused-ring (bicyclic) bond motifs is 1. The Labute approximate surface area is 80.4 Å². The summed E-state index contributed by atoms with van der Waals surface area (Å²) in [6, 6.07) is 0.576. The monoisotopic (exact) mass is 181 g/mol. The van der Waals surface area contributed by atoms with Gasteiger partial charge in [0.1, 0.15) is 0 Å². The van der Waals surface area contributed by atoms with Crippen molar-refractivity contribution in [1.82, 2.24) is 0 Å². The Morgan fingerprint density at radius 1 is 1.31 bits per heavy atom. The van der Waals surface area contributed by atoms with Crippen LogP contribution < -0.4 is 0 Å². The Morgan fingerprint density at radius 3 is 2.92 bits per heavy atom. The van der Waals surface area contributed by atoms with Crippen LogP contribution in [0.5, 0.6) is 0 Å². The van der Waals surface area contributed by atoms with E-state index < -0.39 is 0 Å². The lowest BCUT2D eigenvalue weighted by Crippen LogP contribution is -2.34. The first-order valence-corrected chi connectivity index (χ1v) is 5.42. The third-order valence-corrected chi connectivity index (χ3v) is 3.62. The Balaban J connectivity index is 2.09. The summed E-state index contributed by atoms with van der Waals surface area (Å²) in [5, 5.41) is 0. The fourth-order valence-corrected chi connectivity index (χ4v) is 2.79. The number of ether oxygens (including phenoxy) is 1. The molecule has 1 fully saturated rings. The standard InChI is InChI=1S/C11H19NO/c1-8-4-3-5-10-9(8)6-7-11(12-10)13-2/h8-10H,3-7H2,1-2H3/t8-,9+,10-/m0/s1. The van der Waals surface area contributed by atoms with Crippen LogP contribution in [0.1, 0.15) is 39.0 Å². The van der Waals surface area contributed by atoms with Crippen LogP contribution in [-0.4, -0.2) is 19.0 Å². The van der Waals surface area contributed by atoms with Crippen LogP contribution in [0.15, 0.2) is 4.99 Å². The van der Waals surface area contributed by atoms with Crippen LogP contribution in [-0.2, 0) is 4.74 Å². The van der Waals surface area contributed by atoms with Crippen molar-refractivity contribution in [3.05, 3.63) is 0 Å². The van der Waals surface area contributed by atoms with Crippen molar-refractivity contribution in [2.45, 2.75) is 45.1 Å². The van der Waals surface area contributed by atoms with Crippen molar-refractivity contribution in [2.24, 2.45) is 16.8 Å². The SMILES string of the molecule is COC1=N[C@H]2CCC[C@H](C)[C@H]2CC1. The van der Waals surface area contributed by atoms with Gasteiger partial charge in [-0.1, -0.05) is 19.8 Å². The topological polar surface area (TPSA) is 21.6 Å². The Morgan fingerprint density at radius 2 is 2.15 bits per heavy atom. The third-order valence-electron chi connectivity index (χ3n) is 3.62. The second-order valence-electron chi connectivity index (χ2n) is 4.41. The molecule has 0 aromatic heterocycles. The van der Waals surface area contributed by atoms with Gasteiger partial charge in [-0.2, -0.15) is 0 Å². The largest absolute Gasteiger partial charge is 0.484 e. The lowest BCUT2D eigenvalue weighted by molar-refractivity contribution is 0.193. The molecule has 13 heavy (non-hydrogen) atoms. The summed E-state index contributed by atoms with van der Waals surface area (Å²) in [5.41, 5.74) is 0. The molecule has 2 heteroatoms. The molecule has 0 bridgehead atoms. The molecule has 2 aliphatic rings. The smallest absolute Gasteiger partial charge is 0.183 e. The van der Waals surface area contributed by atoms with Gasteiger partial charge < -0.3 is 4.74 Å². The molecule has 0 aromatic carbocycles. The van der Waals surface area contributed by atoms with Crippen molar-refractivity contribution in [1.29, 1.82) is 0 Å². The van der Waals surface area contributed by atoms with E-state index in [0.717, 1.165) is 24.2 Å². The highest BCUT2D eigenvalue weighted by atomic mass is 16.5. The summed E-state index contributed by atoms with van der Waals surface area (Å²) in [6.07, 6.45) is 6.38. The Bertz CT molecular complexity index is 212. The summed E-state index contributed by atoms with van der Waals surface area (Å²) in [6.45, 7) is 2.38. The molecule has 3 atom stereocenters. The van der Waals surface area contributed by atoms with Gasteiger partial charge in [0.05, 0.1) is 13.2 Å². The van der Waals surface area contributed by atoms with Crippen molar-refractivity contribution < 1.29 is 4.74 Å². The molecule has 1 aliphatic heterocycles. The van der Waals surface area contributed by atoms with E-state index in [9.17, 15) is 0 Å². The van der Waals surface area contributed by atoms with Gasteiger partial charge in [0, 0.05) is 6.42 Å². The van der Waals surface area contributed by atoms with Gasteiger partial charge in [-0.15, -0.1) is 0 Å². The molecule has 0 aromatic rings. The quantitative estimate of drug-likeness (QED) is 0.563. The second-order valence-corrected chi connectivity index (χ2v) is 4.41. The molecule has 2 nitrogen and oxygen atoms in total. The van der Waals surface area contributed by atoms with Gasteiger partial charge in [0.15, 0.2) is 5.90 Å². The summed E-state index contributed by atoms with van der Waals surface area (Å²) < 4.78 is 5.23. The number of methoxy groups -OCH3 is 1. The fraction of sp³-hybridized carbons (Fsp3) is 0.909. The highest BCUT2D eigenvalue weighted by Crippen LogP contribution is 2.37. The predicted octanol–water partition coefficient (Wildman–Crippen LogP) is 2.63. The average Bonchev–Trinajstić information content (AvgIpc) is 2.18. The molecule has 2 rings (SSSR count). The van der Waals surface area contributed by atoms with Crippen LogP contribution in [0.25, 0.3) is 0 Å². The molecule has 74 valence electrons. The highest BCUT2D eigenvalue weighted by molar-refractivity contribution is 5.76. The molecular formula is C11H19NO. The van der Waals surface area contributed by atoms with E-state index in [4.69, 9.17) is 4.74 Å². The molecule has 1 aliphatic carbocycles. The van der Waals surface area contributed by atoms with Gasteiger partial charge >= 0.3 is 0 Å².